The molecule has 0 radical (unpaired) electrons. The van der Waals surface area contributed by atoms with Crippen LogP contribution in [0.5, 0.6) is 0 Å². The zero-order valence-corrected chi connectivity index (χ0v) is 12.8. The fraction of sp³-hybridized carbons (Fsp3) is 0.176. The number of aryl methyl sites for hydroxylation is 1. The Morgan fingerprint density at radius 2 is 1.67 bits per heavy atom. The second kappa shape index (κ2) is 6.14. The van der Waals surface area contributed by atoms with E-state index in [4.69, 9.17) is 4.42 Å². The summed E-state index contributed by atoms with van der Waals surface area (Å²) in [4.78, 5) is 1.20. The number of thioether (sulfide) groups is 1. The first-order chi connectivity index (χ1) is 10.2. The maximum absolute atomic E-state index is 5.78. The second-order valence-electron chi connectivity index (χ2n) is 4.88. The molecule has 0 aliphatic rings. The lowest BCUT2D eigenvalue weighted by Crippen LogP contribution is -1.88. The van der Waals surface area contributed by atoms with Gasteiger partial charge in [-0.2, -0.15) is 0 Å². The Bertz CT molecular complexity index is 707. The van der Waals surface area contributed by atoms with Crippen LogP contribution in [0.1, 0.15) is 23.6 Å². The van der Waals surface area contributed by atoms with Crippen molar-refractivity contribution in [3.8, 4) is 11.5 Å². The van der Waals surface area contributed by atoms with E-state index < -0.39 is 0 Å². The van der Waals surface area contributed by atoms with Crippen molar-refractivity contribution < 1.29 is 4.42 Å². The predicted molar refractivity (Wildman–Crippen MR) is 85.2 cm³/mol. The van der Waals surface area contributed by atoms with Crippen molar-refractivity contribution in [3.63, 3.8) is 0 Å². The molecule has 1 aromatic heterocycles. The van der Waals surface area contributed by atoms with Gasteiger partial charge in [0.15, 0.2) is 0 Å². The molecule has 0 saturated heterocycles. The summed E-state index contributed by atoms with van der Waals surface area (Å²) in [5.74, 6) is 1.22. The Labute approximate surface area is 128 Å². The summed E-state index contributed by atoms with van der Waals surface area (Å²) in [6.45, 7) is 4.16. The van der Waals surface area contributed by atoms with E-state index in [1.807, 2.05) is 30.3 Å². The quantitative estimate of drug-likeness (QED) is 0.642. The maximum Gasteiger partial charge on any atom is 0.247 e. The number of nitrogens with zero attached hydrogens (tertiary/aromatic N) is 2. The van der Waals surface area contributed by atoms with E-state index in [-0.39, 0.29) is 5.25 Å². The summed E-state index contributed by atoms with van der Waals surface area (Å²) < 4.78 is 5.78. The smallest absolute Gasteiger partial charge is 0.247 e. The largest absolute Gasteiger partial charge is 0.419 e. The average molecular weight is 296 g/mol. The van der Waals surface area contributed by atoms with E-state index >= 15 is 0 Å². The van der Waals surface area contributed by atoms with Crippen molar-refractivity contribution in [1.29, 1.82) is 0 Å². The first-order valence-electron chi connectivity index (χ1n) is 6.84. The zero-order chi connectivity index (χ0) is 14.7. The molecule has 1 unspecified atom stereocenters. The Kier molecular flexibility index (Phi) is 4.06. The summed E-state index contributed by atoms with van der Waals surface area (Å²) in [5.41, 5.74) is 2.21. The van der Waals surface area contributed by atoms with Crippen LogP contribution in [-0.2, 0) is 0 Å². The van der Waals surface area contributed by atoms with Crippen molar-refractivity contribution in [1.82, 2.24) is 10.2 Å². The number of hydrogen-bond donors (Lipinski definition) is 0. The third kappa shape index (κ3) is 3.34. The molecule has 21 heavy (non-hydrogen) atoms. The highest BCUT2D eigenvalue weighted by atomic mass is 32.2. The molecule has 0 amide bonds. The third-order valence-corrected chi connectivity index (χ3v) is 4.24. The molecular formula is C17H16N2OS. The molecule has 0 N–H and O–H groups in total. The monoisotopic (exact) mass is 296 g/mol. The van der Waals surface area contributed by atoms with E-state index in [9.17, 15) is 0 Å². The minimum Gasteiger partial charge on any atom is -0.419 e. The minimum absolute atomic E-state index is 0.123. The van der Waals surface area contributed by atoms with Gasteiger partial charge in [0.25, 0.3) is 0 Å². The summed E-state index contributed by atoms with van der Waals surface area (Å²) >= 11 is 1.72. The fourth-order valence-electron chi connectivity index (χ4n) is 1.97. The first kappa shape index (κ1) is 13.9. The van der Waals surface area contributed by atoms with Gasteiger partial charge in [-0.15, -0.1) is 22.0 Å². The van der Waals surface area contributed by atoms with Crippen molar-refractivity contribution in [3.05, 3.63) is 66.1 Å². The van der Waals surface area contributed by atoms with Crippen LogP contribution >= 0.6 is 11.8 Å². The standard InChI is InChI=1S/C17H16N2OS/c1-12-8-10-15(11-9-12)21-13(2)16-18-19-17(20-16)14-6-4-3-5-7-14/h3-11,13H,1-2H3. The molecule has 1 atom stereocenters. The molecule has 0 bridgehead atoms. The SMILES string of the molecule is Cc1ccc(SC(C)c2nnc(-c3ccccc3)o2)cc1. The van der Waals surface area contributed by atoms with E-state index in [0.29, 0.717) is 11.8 Å². The fourth-order valence-corrected chi connectivity index (χ4v) is 2.87. The van der Waals surface area contributed by atoms with Crippen LogP contribution in [0.3, 0.4) is 0 Å². The van der Waals surface area contributed by atoms with Crippen LogP contribution in [-0.4, -0.2) is 10.2 Å². The highest BCUT2D eigenvalue weighted by molar-refractivity contribution is 7.99. The van der Waals surface area contributed by atoms with Crippen LogP contribution < -0.4 is 0 Å². The van der Waals surface area contributed by atoms with Crippen molar-refractivity contribution in [2.45, 2.75) is 24.0 Å². The zero-order valence-electron chi connectivity index (χ0n) is 12.0. The van der Waals surface area contributed by atoms with Crippen LogP contribution in [0, 0.1) is 6.92 Å². The molecule has 3 nitrogen and oxygen atoms in total. The van der Waals surface area contributed by atoms with Crippen LogP contribution in [0.2, 0.25) is 0 Å². The van der Waals surface area contributed by atoms with E-state index in [1.165, 1.54) is 10.5 Å². The first-order valence-corrected chi connectivity index (χ1v) is 7.72. The highest BCUT2D eigenvalue weighted by Gasteiger charge is 2.16. The lowest BCUT2D eigenvalue weighted by atomic mass is 10.2. The van der Waals surface area contributed by atoms with Gasteiger partial charge in [0, 0.05) is 10.5 Å². The molecule has 3 aromatic rings. The Balaban J connectivity index is 1.75. The molecule has 4 heteroatoms. The van der Waals surface area contributed by atoms with Gasteiger partial charge in [0.05, 0.1) is 5.25 Å². The number of aromatic nitrogens is 2. The molecule has 0 spiro atoms. The van der Waals surface area contributed by atoms with E-state index in [1.54, 1.807) is 11.8 Å². The third-order valence-electron chi connectivity index (χ3n) is 3.14. The molecular weight excluding hydrogens is 280 g/mol. The van der Waals surface area contributed by atoms with E-state index in [0.717, 1.165) is 5.56 Å². The van der Waals surface area contributed by atoms with E-state index in [2.05, 4.69) is 48.3 Å². The molecule has 2 aromatic carbocycles. The molecule has 0 aliphatic carbocycles. The number of rotatable bonds is 4. The van der Waals surface area contributed by atoms with Gasteiger partial charge in [0.1, 0.15) is 0 Å². The van der Waals surface area contributed by atoms with Gasteiger partial charge in [-0.1, -0.05) is 35.9 Å². The Hall–Kier alpha value is -2.07. The predicted octanol–water partition coefficient (Wildman–Crippen LogP) is 4.90. The minimum atomic E-state index is 0.123. The molecule has 106 valence electrons. The van der Waals surface area contributed by atoms with Gasteiger partial charge in [-0.05, 0) is 38.1 Å². The number of benzene rings is 2. The maximum atomic E-state index is 5.78. The van der Waals surface area contributed by atoms with Gasteiger partial charge < -0.3 is 4.42 Å². The average Bonchev–Trinajstić information content (AvgIpc) is 3.00. The second-order valence-corrected chi connectivity index (χ2v) is 6.30. The van der Waals surface area contributed by atoms with Crippen molar-refractivity contribution in [2.24, 2.45) is 0 Å². The summed E-state index contributed by atoms with van der Waals surface area (Å²) in [5, 5.41) is 8.42. The van der Waals surface area contributed by atoms with Gasteiger partial charge in [-0.25, -0.2) is 0 Å². The van der Waals surface area contributed by atoms with Gasteiger partial charge in [0.2, 0.25) is 11.8 Å². The molecule has 0 aliphatic heterocycles. The lowest BCUT2D eigenvalue weighted by Gasteiger charge is -2.06. The normalized spacial score (nSPS) is 12.3. The molecule has 3 rings (SSSR count). The number of hydrogen-bond acceptors (Lipinski definition) is 4. The van der Waals surface area contributed by atoms with Crippen LogP contribution in [0.15, 0.2) is 63.9 Å². The Morgan fingerprint density at radius 3 is 2.38 bits per heavy atom. The Morgan fingerprint density at radius 1 is 0.952 bits per heavy atom. The van der Waals surface area contributed by atoms with Gasteiger partial charge >= 0.3 is 0 Å². The highest BCUT2D eigenvalue weighted by Crippen LogP contribution is 2.35. The summed E-state index contributed by atoms with van der Waals surface area (Å²) in [6.07, 6.45) is 0. The van der Waals surface area contributed by atoms with Crippen molar-refractivity contribution >= 4 is 11.8 Å². The molecule has 0 saturated carbocycles. The summed E-state index contributed by atoms with van der Waals surface area (Å²) in [6, 6.07) is 18.3. The molecule has 0 fully saturated rings. The molecule has 1 heterocycles. The lowest BCUT2D eigenvalue weighted by molar-refractivity contribution is 0.509. The van der Waals surface area contributed by atoms with Crippen LogP contribution in [0.4, 0.5) is 0 Å². The van der Waals surface area contributed by atoms with Crippen LogP contribution in [0.25, 0.3) is 11.5 Å². The van der Waals surface area contributed by atoms with Gasteiger partial charge in [-0.3, -0.25) is 0 Å². The topological polar surface area (TPSA) is 38.9 Å². The van der Waals surface area contributed by atoms with Crippen molar-refractivity contribution in [2.75, 3.05) is 0 Å². The summed E-state index contributed by atoms with van der Waals surface area (Å²) in [7, 11) is 0.